The van der Waals surface area contributed by atoms with E-state index in [9.17, 15) is 29.6 Å². The van der Waals surface area contributed by atoms with Crippen LogP contribution in [0.15, 0.2) is 54.1 Å². The van der Waals surface area contributed by atoms with Gasteiger partial charge >= 0.3 is 5.97 Å². The second-order valence-electron chi connectivity index (χ2n) is 7.88. The highest BCUT2D eigenvalue weighted by Crippen LogP contribution is 2.42. The predicted octanol–water partition coefficient (Wildman–Crippen LogP) is 3.97. The van der Waals surface area contributed by atoms with E-state index >= 15 is 0 Å². The van der Waals surface area contributed by atoms with Crippen LogP contribution in [0.5, 0.6) is 0 Å². The van der Waals surface area contributed by atoms with Crippen LogP contribution in [0.4, 0.5) is 5.69 Å². The lowest BCUT2D eigenvalue weighted by Crippen LogP contribution is -2.31. The summed E-state index contributed by atoms with van der Waals surface area (Å²) in [6.07, 6.45) is 1.29. The Balaban J connectivity index is 2.06. The third-order valence-electron chi connectivity index (χ3n) is 5.58. The molecule has 0 aromatic heterocycles. The molecule has 0 saturated carbocycles. The van der Waals surface area contributed by atoms with Crippen molar-refractivity contribution in [2.45, 2.75) is 38.6 Å². The summed E-state index contributed by atoms with van der Waals surface area (Å²) < 4.78 is 0. The van der Waals surface area contributed by atoms with Crippen LogP contribution in [0.1, 0.15) is 48.4 Å². The number of aliphatic carboxylic acids is 1. The maximum Gasteiger partial charge on any atom is 0.303 e. The predicted molar refractivity (Wildman–Crippen MR) is 119 cm³/mol. The standard InChI is InChI=1S/C24H24N2O7/c1-15-10-12-16(13-11-15)22(29)20-21(17-7-4-5-8-18(17)26(32)33)25(24(31)23(20)30)14-6-2-3-9-19(27)28/h4-5,7-8,10-13,21,29H,2-3,6,9,14H2,1H3,(H,27,28). The van der Waals surface area contributed by atoms with Crippen LogP contribution < -0.4 is 0 Å². The van der Waals surface area contributed by atoms with Gasteiger partial charge < -0.3 is 15.1 Å². The Bertz CT molecular complexity index is 1120. The van der Waals surface area contributed by atoms with Gasteiger partial charge in [0.05, 0.1) is 22.1 Å². The number of Topliss-reactive ketones (excluding diaryl/α,β-unsaturated/α-hetero) is 1. The molecular weight excluding hydrogens is 428 g/mol. The number of benzene rings is 2. The molecule has 3 rings (SSSR count). The number of aliphatic hydroxyl groups excluding tert-OH is 1. The molecule has 2 aromatic carbocycles. The number of aliphatic hydroxyl groups is 1. The van der Waals surface area contributed by atoms with Gasteiger partial charge in [-0.1, -0.05) is 48.4 Å². The Morgan fingerprint density at radius 2 is 1.70 bits per heavy atom. The number of aryl methyl sites for hydroxylation is 1. The first-order valence-electron chi connectivity index (χ1n) is 10.5. The average molecular weight is 452 g/mol. The molecule has 1 saturated heterocycles. The van der Waals surface area contributed by atoms with E-state index in [1.54, 1.807) is 30.3 Å². The molecule has 1 aliphatic heterocycles. The van der Waals surface area contributed by atoms with Crippen molar-refractivity contribution in [3.05, 3.63) is 80.9 Å². The number of nitrogens with zero attached hydrogens (tertiary/aromatic N) is 2. The van der Waals surface area contributed by atoms with Crippen molar-refractivity contribution in [2.75, 3.05) is 6.54 Å². The lowest BCUT2D eigenvalue weighted by atomic mass is 9.94. The van der Waals surface area contributed by atoms with Crippen molar-refractivity contribution in [1.29, 1.82) is 0 Å². The van der Waals surface area contributed by atoms with Crippen LogP contribution in [-0.4, -0.2) is 44.2 Å². The number of ketones is 1. The van der Waals surface area contributed by atoms with Crippen LogP contribution >= 0.6 is 0 Å². The first-order chi connectivity index (χ1) is 15.7. The molecule has 0 bridgehead atoms. The van der Waals surface area contributed by atoms with Gasteiger partial charge in [-0.25, -0.2) is 0 Å². The van der Waals surface area contributed by atoms with E-state index in [4.69, 9.17) is 5.11 Å². The third-order valence-corrected chi connectivity index (χ3v) is 5.58. The first kappa shape index (κ1) is 23.6. The van der Waals surface area contributed by atoms with E-state index in [0.29, 0.717) is 24.8 Å². The van der Waals surface area contributed by atoms with Gasteiger partial charge in [0.1, 0.15) is 5.76 Å². The average Bonchev–Trinajstić information content (AvgIpc) is 3.03. The van der Waals surface area contributed by atoms with E-state index in [-0.39, 0.29) is 29.8 Å². The minimum Gasteiger partial charge on any atom is -0.507 e. The Hall–Kier alpha value is -4.01. The second-order valence-corrected chi connectivity index (χ2v) is 7.88. The lowest BCUT2D eigenvalue weighted by molar-refractivity contribution is -0.385. The highest BCUT2D eigenvalue weighted by atomic mass is 16.6. The number of nitro groups is 1. The maximum atomic E-state index is 13.0. The molecule has 0 spiro atoms. The van der Waals surface area contributed by atoms with E-state index in [0.717, 1.165) is 5.56 Å². The van der Waals surface area contributed by atoms with Gasteiger partial charge in [-0.2, -0.15) is 0 Å². The van der Waals surface area contributed by atoms with Gasteiger partial charge in [0.25, 0.3) is 17.4 Å². The summed E-state index contributed by atoms with van der Waals surface area (Å²) in [4.78, 5) is 48.9. The zero-order valence-corrected chi connectivity index (χ0v) is 18.1. The number of carbonyl (C=O) groups is 3. The minimum absolute atomic E-state index is 0.0141. The molecule has 9 nitrogen and oxygen atoms in total. The summed E-state index contributed by atoms with van der Waals surface area (Å²) in [7, 11) is 0. The summed E-state index contributed by atoms with van der Waals surface area (Å²) in [5, 5.41) is 31.5. The summed E-state index contributed by atoms with van der Waals surface area (Å²) >= 11 is 0. The van der Waals surface area contributed by atoms with Crippen molar-refractivity contribution in [1.82, 2.24) is 4.90 Å². The largest absolute Gasteiger partial charge is 0.507 e. The fourth-order valence-corrected chi connectivity index (χ4v) is 3.92. The molecule has 33 heavy (non-hydrogen) atoms. The molecular formula is C24H24N2O7. The quantitative estimate of drug-likeness (QED) is 0.147. The van der Waals surface area contributed by atoms with Crippen LogP contribution in [0.3, 0.4) is 0 Å². The maximum absolute atomic E-state index is 13.0. The Kier molecular flexibility index (Phi) is 7.22. The first-order valence-corrected chi connectivity index (χ1v) is 10.5. The molecule has 2 N–H and O–H groups in total. The number of carboxylic acids is 1. The molecule has 0 radical (unpaired) electrons. The fraction of sp³-hybridized carbons (Fsp3) is 0.292. The topological polar surface area (TPSA) is 138 Å². The third kappa shape index (κ3) is 5.08. The molecule has 1 unspecified atom stereocenters. The number of para-hydroxylation sites is 1. The number of unbranched alkanes of at least 4 members (excludes halogenated alkanes) is 2. The number of nitro benzene ring substituents is 1. The van der Waals surface area contributed by atoms with E-state index in [1.807, 2.05) is 6.92 Å². The molecule has 1 amide bonds. The number of likely N-dealkylation sites (tertiary alicyclic amines) is 1. The Labute approximate surface area is 190 Å². The van der Waals surface area contributed by atoms with Crippen molar-refractivity contribution in [3.8, 4) is 0 Å². The normalized spacial score (nSPS) is 17.4. The van der Waals surface area contributed by atoms with E-state index < -0.39 is 34.4 Å². The summed E-state index contributed by atoms with van der Waals surface area (Å²) in [6.45, 7) is 1.95. The Morgan fingerprint density at radius 1 is 1.03 bits per heavy atom. The van der Waals surface area contributed by atoms with E-state index in [1.165, 1.54) is 23.1 Å². The van der Waals surface area contributed by atoms with Crippen molar-refractivity contribution < 1.29 is 29.5 Å². The summed E-state index contributed by atoms with van der Waals surface area (Å²) in [6, 6.07) is 11.4. The zero-order chi connectivity index (χ0) is 24.1. The summed E-state index contributed by atoms with van der Waals surface area (Å²) in [5.74, 6) is -3.09. The molecule has 2 aromatic rings. The van der Waals surface area contributed by atoms with Gasteiger partial charge in [-0.3, -0.25) is 24.5 Å². The molecule has 1 fully saturated rings. The number of rotatable bonds is 9. The van der Waals surface area contributed by atoms with Gasteiger partial charge in [0.15, 0.2) is 0 Å². The van der Waals surface area contributed by atoms with Gasteiger partial charge in [0.2, 0.25) is 0 Å². The number of carboxylic acid groups (broad SMARTS) is 1. The molecule has 1 heterocycles. The number of carbonyl (C=O) groups excluding carboxylic acids is 2. The van der Waals surface area contributed by atoms with Crippen molar-refractivity contribution in [3.63, 3.8) is 0 Å². The van der Waals surface area contributed by atoms with Crippen LogP contribution in [0, 0.1) is 17.0 Å². The summed E-state index contributed by atoms with van der Waals surface area (Å²) in [5.41, 5.74) is 0.909. The van der Waals surface area contributed by atoms with Gasteiger partial charge in [-0.05, 0) is 25.8 Å². The second kappa shape index (κ2) is 10.1. The molecule has 1 atom stereocenters. The lowest BCUT2D eigenvalue weighted by Gasteiger charge is -2.25. The monoisotopic (exact) mass is 452 g/mol. The van der Waals surface area contributed by atoms with Gasteiger partial charge in [-0.15, -0.1) is 0 Å². The smallest absolute Gasteiger partial charge is 0.303 e. The highest BCUT2D eigenvalue weighted by molar-refractivity contribution is 6.46. The van der Waals surface area contributed by atoms with Crippen LogP contribution in [0.2, 0.25) is 0 Å². The number of hydrogen-bond donors (Lipinski definition) is 2. The van der Waals surface area contributed by atoms with Crippen molar-refractivity contribution >= 4 is 29.1 Å². The minimum atomic E-state index is -1.13. The van der Waals surface area contributed by atoms with E-state index in [2.05, 4.69) is 0 Å². The molecule has 9 heteroatoms. The van der Waals surface area contributed by atoms with Gasteiger partial charge in [0, 0.05) is 24.6 Å². The molecule has 1 aliphatic rings. The zero-order valence-electron chi connectivity index (χ0n) is 18.1. The molecule has 172 valence electrons. The van der Waals surface area contributed by atoms with Crippen molar-refractivity contribution in [2.24, 2.45) is 0 Å². The van der Waals surface area contributed by atoms with Crippen LogP contribution in [-0.2, 0) is 14.4 Å². The Morgan fingerprint density at radius 3 is 2.33 bits per heavy atom. The number of amides is 1. The highest BCUT2D eigenvalue weighted by Gasteiger charge is 2.47. The fourth-order valence-electron chi connectivity index (χ4n) is 3.92. The number of hydrogen-bond acceptors (Lipinski definition) is 6. The SMILES string of the molecule is Cc1ccc(C(O)=C2C(=O)C(=O)N(CCCCCC(=O)O)C2c2ccccc2[N+](=O)[O-])cc1. The van der Waals surface area contributed by atoms with Crippen LogP contribution in [0.25, 0.3) is 5.76 Å². The molecule has 0 aliphatic carbocycles.